The number of morpholine rings is 1. The lowest BCUT2D eigenvalue weighted by molar-refractivity contribution is -0.0711. The van der Waals surface area contributed by atoms with Crippen LogP contribution in [0.1, 0.15) is 19.4 Å². The standard InChI is InChI=1S/C15H21NO3/c1-3-18-15(17)16-10-12(2)19-14(11-16)9-13-7-5-4-6-8-13/h4-8,12,14H,3,9-11H2,1-2H3. The molecule has 0 aromatic heterocycles. The van der Waals surface area contributed by atoms with Crippen LogP contribution in [0.2, 0.25) is 0 Å². The first kappa shape index (κ1) is 13.9. The molecule has 1 aromatic carbocycles. The van der Waals surface area contributed by atoms with Gasteiger partial charge in [0, 0.05) is 6.42 Å². The molecule has 104 valence electrons. The van der Waals surface area contributed by atoms with Gasteiger partial charge in [0.25, 0.3) is 0 Å². The Morgan fingerprint density at radius 3 is 2.79 bits per heavy atom. The highest BCUT2D eigenvalue weighted by atomic mass is 16.6. The summed E-state index contributed by atoms with van der Waals surface area (Å²) in [6.07, 6.45) is 0.666. The average molecular weight is 263 g/mol. The van der Waals surface area contributed by atoms with Crippen molar-refractivity contribution in [2.24, 2.45) is 0 Å². The van der Waals surface area contributed by atoms with E-state index in [0.29, 0.717) is 19.7 Å². The highest BCUT2D eigenvalue weighted by Gasteiger charge is 2.29. The van der Waals surface area contributed by atoms with Crippen molar-refractivity contribution in [3.8, 4) is 0 Å². The molecule has 0 saturated carbocycles. The van der Waals surface area contributed by atoms with E-state index in [1.165, 1.54) is 5.56 Å². The van der Waals surface area contributed by atoms with Gasteiger partial charge in [-0.05, 0) is 19.4 Å². The molecule has 0 radical (unpaired) electrons. The predicted molar refractivity (Wildman–Crippen MR) is 73.1 cm³/mol. The Balaban J connectivity index is 1.96. The van der Waals surface area contributed by atoms with Crippen LogP contribution in [0.15, 0.2) is 30.3 Å². The Morgan fingerprint density at radius 1 is 1.37 bits per heavy atom. The summed E-state index contributed by atoms with van der Waals surface area (Å²) in [6, 6.07) is 10.2. The summed E-state index contributed by atoms with van der Waals surface area (Å²) in [5.41, 5.74) is 1.23. The van der Waals surface area contributed by atoms with E-state index in [0.717, 1.165) is 6.42 Å². The number of ether oxygens (including phenoxy) is 2. The van der Waals surface area contributed by atoms with Crippen LogP contribution in [0.25, 0.3) is 0 Å². The van der Waals surface area contributed by atoms with E-state index in [4.69, 9.17) is 9.47 Å². The van der Waals surface area contributed by atoms with Gasteiger partial charge in [-0.15, -0.1) is 0 Å². The Hall–Kier alpha value is -1.55. The molecule has 4 heteroatoms. The molecular formula is C15H21NO3. The van der Waals surface area contributed by atoms with Crippen molar-refractivity contribution in [2.75, 3.05) is 19.7 Å². The fraction of sp³-hybridized carbons (Fsp3) is 0.533. The summed E-state index contributed by atoms with van der Waals surface area (Å²) in [5.74, 6) is 0. The zero-order valence-corrected chi connectivity index (χ0v) is 11.5. The van der Waals surface area contributed by atoms with Crippen LogP contribution < -0.4 is 0 Å². The molecule has 1 aliphatic heterocycles. The minimum absolute atomic E-state index is 0.0376. The first-order valence-corrected chi connectivity index (χ1v) is 6.80. The van der Waals surface area contributed by atoms with Crippen LogP contribution in [-0.4, -0.2) is 42.9 Å². The number of carbonyl (C=O) groups is 1. The molecule has 1 aliphatic rings. The Bertz CT molecular complexity index is 407. The first-order valence-electron chi connectivity index (χ1n) is 6.80. The summed E-state index contributed by atoms with van der Waals surface area (Å²) < 4.78 is 11.0. The van der Waals surface area contributed by atoms with E-state index >= 15 is 0 Å². The molecule has 1 saturated heterocycles. The Kier molecular flexibility index (Phi) is 4.80. The third-order valence-electron chi connectivity index (χ3n) is 3.16. The van der Waals surface area contributed by atoms with Gasteiger partial charge in [0.2, 0.25) is 0 Å². The van der Waals surface area contributed by atoms with Crippen molar-refractivity contribution < 1.29 is 14.3 Å². The lowest BCUT2D eigenvalue weighted by atomic mass is 10.1. The van der Waals surface area contributed by atoms with Gasteiger partial charge < -0.3 is 14.4 Å². The largest absolute Gasteiger partial charge is 0.450 e. The minimum Gasteiger partial charge on any atom is -0.450 e. The van der Waals surface area contributed by atoms with E-state index in [2.05, 4.69) is 12.1 Å². The Morgan fingerprint density at radius 2 is 2.11 bits per heavy atom. The third kappa shape index (κ3) is 3.96. The van der Waals surface area contributed by atoms with Crippen LogP contribution in [0.3, 0.4) is 0 Å². The second-order valence-corrected chi connectivity index (χ2v) is 4.86. The summed E-state index contributed by atoms with van der Waals surface area (Å²) in [5, 5.41) is 0. The van der Waals surface area contributed by atoms with Gasteiger partial charge in [0.15, 0.2) is 0 Å². The van der Waals surface area contributed by atoms with Gasteiger partial charge in [-0.2, -0.15) is 0 Å². The lowest BCUT2D eigenvalue weighted by Gasteiger charge is -2.36. The fourth-order valence-electron chi connectivity index (χ4n) is 2.40. The molecule has 4 nitrogen and oxygen atoms in total. The topological polar surface area (TPSA) is 38.8 Å². The number of amides is 1. The maximum Gasteiger partial charge on any atom is 0.409 e. The number of hydrogen-bond acceptors (Lipinski definition) is 3. The lowest BCUT2D eigenvalue weighted by Crippen LogP contribution is -2.50. The summed E-state index contributed by atoms with van der Waals surface area (Å²) in [4.78, 5) is 13.5. The van der Waals surface area contributed by atoms with Crippen molar-refractivity contribution >= 4 is 6.09 Å². The van der Waals surface area contributed by atoms with Gasteiger partial charge in [0.1, 0.15) is 0 Å². The molecule has 1 fully saturated rings. The highest BCUT2D eigenvalue weighted by molar-refractivity contribution is 5.67. The predicted octanol–water partition coefficient (Wildman–Crippen LogP) is 2.47. The van der Waals surface area contributed by atoms with Gasteiger partial charge in [-0.3, -0.25) is 0 Å². The third-order valence-corrected chi connectivity index (χ3v) is 3.16. The second kappa shape index (κ2) is 6.57. The summed E-state index contributed by atoms with van der Waals surface area (Å²) in [6.45, 7) is 5.42. The normalized spacial score (nSPS) is 23.2. The van der Waals surface area contributed by atoms with E-state index in [-0.39, 0.29) is 18.3 Å². The van der Waals surface area contributed by atoms with Crippen LogP contribution in [0, 0.1) is 0 Å². The maximum absolute atomic E-state index is 11.8. The van der Waals surface area contributed by atoms with E-state index < -0.39 is 0 Å². The molecule has 0 aliphatic carbocycles. The van der Waals surface area contributed by atoms with Crippen molar-refractivity contribution in [3.63, 3.8) is 0 Å². The fourth-order valence-corrected chi connectivity index (χ4v) is 2.40. The van der Waals surface area contributed by atoms with Crippen LogP contribution >= 0.6 is 0 Å². The van der Waals surface area contributed by atoms with Crippen molar-refractivity contribution in [3.05, 3.63) is 35.9 Å². The van der Waals surface area contributed by atoms with E-state index in [1.54, 1.807) is 4.90 Å². The molecule has 1 heterocycles. The number of benzene rings is 1. The SMILES string of the molecule is CCOC(=O)N1CC(C)OC(Cc2ccccc2)C1. The summed E-state index contributed by atoms with van der Waals surface area (Å²) in [7, 11) is 0. The highest BCUT2D eigenvalue weighted by Crippen LogP contribution is 2.16. The summed E-state index contributed by atoms with van der Waals surface area (Å²) >= 11 is 0. The van der Waals surface area contributed by atoms with Crippen molar-refractivity contribution in [2.45, 2.75) is 32.5 Å². The van der Waals surface area contributed by atoms with E-state index in [9.17, 15) is 4.79 Å². The minimum atomic E-state index is -0.240. The molecule has 1 amide bonds. The number of hydrogen-bond donors (Lipinski definition) is 0. The van der Waals surface area contributed by atoms with Crippen LogP contribution in [-0.2, 0) is 15.9 Å². The van der Waals surface area contributed by atoms with Gasteiger partial charge in [-0.1, -0.05) is 30.3 Å². The Labute approximate surface area is 114 Å². The molecular weight excluding hydrogens is 242 g/mol. The number of rotatable bonds is 3. The maximum atomic E-state index is 11.8. The number of carbonyl (C=O) groups excluding carboxylic acids is 1. The molecule has 1 aromatic rings. The van der Waals surface area contributed by atoms with Gasteiger partial charge in [0.05, 0.1) is 31.9 Å². The van der Waals surface area contributed by atoms with Gasteiger partial charge in [-0.25, -0.2) is 4.79 Å². The van der Waals surface area contributed by atoms with Gasteiger partial charge >= 0.3 is 6.09 Å². The second-order valence-electron chi connectivity index (χ2n) is 4.86. The first-order chi connectivity index (χ1) is 9.19. The van der Waals surface area contributed by atoms with Crippen molar-refractivity contribution in [1.29, 1.82) is 0 Å². The molecule has 0 bridgehead atoms. The average Bonchev–Trinajstić information content (AvgIpc) is 2.39. The zero-order chi connectivity index (χ0) is 13.7. The molecule has 0 N–H and O–H groups in total. The molecule has 2 rings (SSSR count). The smallest absolute Gasteiger partial charge is 0.409 e. The van der Waals surface area contributed by atoms with E-state index in [1.807, 2.05) is 32.0 Å². The molecule has 2 unspecified atom stereocenters. The molecule has 2 atom stereocenters. The van der Waals surface area contributed by atoms with Crippen molar-refractivity contribution in [1.82, 2.24) is 4.90 Å². The molecule has 0 spiro atoms. The zero-order valence-electron chi connectivity index (χ0n) is 11.5. The monoisotopic (exact) mass is 263 g/mol. The quantitative estimate of drug-likeness (QED) is 0.841. The van der Waals surface area contributed by atoms with Crippen LogP contribution in [0.4, 0.5) is 4.79 Å². The molecule has 19 heavy (non-hydrogen) atoms. The number of nitrogens with zero attached hydrogens (tertiary/aromatic N) is 1. The van der Waals surface area contributed by atoms with Crippen LogP contribution in [0.5, 0.6) is 0 Å².